The van der Waals surface area contributed by atoms with E-state index in [0.717, 1.165) is 18.4 Å². The number of benzene rings is 2. The lowest BCUT2D eigenvalue weighted by molar-refractivity contribution is 0.605. The lowest BCUT2D eigenvalue weighted by Crippen LogP contribution is -2.23. The van der Waals surface area contributed by atoms with E-state index < -0.39 is 0 Å². The minimum Gasteiger partial charge on any atom is -0.327 e. The molecular weight excluding hydrogens is 273 g/mol. The van der Waals surface area contributed by atoms with Gasteiger partial charge in [0, 0.05) is 11.1 Å². The zero-order valence-electron chi connectivity index (χ0n) is 11.6. The van der Waals surface area contributed by atoms with Gasteiger partial charge in [-0.25, -0.2) is 4.39 Å². The molecule has 0 bridgehead atoms. The van der Waals surface area contributed by atoms with Gasteiger partial charge < -0.3 is 5.73 Å². The molecule has 2 N–H and O–H groups in total. The van der Waals surface area contributed by atoms with Crippen molar-refractivity contribution in [3.8, 4) is 0 Å². The number of nitrogens with two attached hydrogens (primary N) is 1. The molecule has 0 fully saturated rings. The summed E-state index contributed by atoms with van der Waals surface area (Å²) in [5.41, 5.74) is 9.61. The predicted octanol–water partition coefficient (Wildman–Crippen LogP) is 4.29. The molecule has 2 aromatic rings. The molecule has 0 aliphatic heterocycles. The number of rotatable bonds is 5. The number of hydrogen-bond acceptors (Lipinski definition) is 1. The molecule has 2 rings (SSSR count). The van der Waals surface area contributed by atoms with Gasteiger partial charge >= 0.3 is 0 Å². The van der Waals surface area contributed by atoms with Gasteiger partial charge in [0.1, 0.15) is 5.82 Å². The Morgan fingerprint density at radius 2 is 2.00 bits per heavy atom. The first-order chi connectivity index (χ1) is 9.54. The summed E-state index contributed by atoms with van der Waals surface area (Å²) in [6.45, 7) is 2.09. The number of aryl methyl sites for hydroxylation is 2. The molecule has 0 heterocycles. The van der Waals surface area contributed by atoms with Gasteiger partial charge in [0.05, 0.1) is 0 Å². The molecule has 0 aliphatic carbocycles. The fourth-order valence-corrected chi connectivity index (χ4v) is 2.54. The van der Waals surface area contributed by atoms with Crippen LogP contribution in [-0.4, -0.2) is 6.04 Å². The van der Waals surface area contributed by atoms with Crippen LogP contribution in [0.1, 0.15) is 23.1 Å². The van der Waals surface area contributed by atoms with E-state index in [2.05, 4.69) is 31.2 Å². The molecule has 106 valence electrons. The summed E-state index contributed by atoms with van der Waals surface area (Å²) in [6.07, 6.45) is 2.50. The average Bonchev–Trinajstić information content (AvgIpc) is 2.40. The first-order valence-electron chi connectivity index (χ1n) is 6.79. The Kier molecular flexibility index (Phi) is 5.16. The Hall–Kier alpha value is -1.38. The summed E-state index contributed by atoms with van der Waals surface area (Å²) in [6, 6.07) is 12.9. The third-order valence-electron chi connectivity index (χ3n) is 3.38. The monoisotopic (exact) mass is 291 g/mol. The molecule has 0 spiro atoms. The van der Waals surface area contributed by atoms with Crippen LogP contribution in [0.3, 0.4) is 0 Å². The second-order valence-corrected chi connectivity index (χ2v) is 5.63. The van der Waals surface area contributed by atoms with E-state index in [-0.39, 0.29) is 11.9 Å². The Balaban J connectivity index is 1.90. The van der Waals surface area contributed by atoms with Crippen LogP contribution in [0.15, 0.2) is 42.5 Å². The standard InChI is InChI=1S/C17H19ClFN/c1-12-3-2-4-13(9-12)5-8-16(20)10-14-6-7-15(19)11-17(14)18/h2-4,6-7,9,11,16H,5,8,10,20H2,1H3. The maximum absolute atomic E-state index is 13.0. The van der Waals surface area contributed by atoms with Gasteiger partial charge in [-0.15, -0.1) is 0 Å². The summed E-state index contributed by atoms with van der Waals surface area (Å²) in [5.74, 6) is -0.313. The van der Waals surface area contributed by atoms with Gasteiger partial charge in [0.15, 0.2) is 0 Å². The van der Waals surface area contributed by atoms with Crippen LogP contribution < -0.4 is 5.73 Å². The summed E-state index contributed by atoms with van der Waals surface area (Å²) in [5, 5.41) is 0.455. The normalized spacial score (nSPS) is 12.4. The van der Waals surface area contributed by atoms with Crippen LogP contribution in [-0.2, 0) is 12.8 Å². The molecular formula is C17H19ClFN. The van der Waals surface area contributed by atoms with E-state index in [1.54, 1.807) is 6.07 Å². The molecule has 0 aliphatic rings. The van der Waals surface area contributed by atoms with Crippen molar-refractivity contribution >= 4 is 11.6 Å². The van der Waals surface area contributed by atoms with Gasteiger partial charge in [-0.1, -0.05) is 47.5 Å². The average molecular weight is 292 g/mol. The van der Waals surface area contributed by atoms with Crippen LogP contribution in [0.5, 0.6) is 0 Å². The largest absolute Gasteiger partial charge is 0.327 e. The summed E-state index contributed by atoms with van der Waals surface area (Å²) in [7, 11) is 0. The molecule has 0 radical (unpaired) electrons. The molecule has 1 unspecified atom stereocenters. The second-order valence-electron chi connectivity index (χ2n) is 5.23. The fourth-order valence-electron chi connectivity index (χ4n) is 2.29. The molecule has 0 aromatic heterocycles. The maximum Gasteiger partial charge on any atom is 0.124 e. The van der Waals surface area contributed by atoms with E-state index in [1.807, 2.05) is 0 Å². The number of hydrogen-bond donors (Lipinski definition) is 1. The van der Waals surface area contributed by atoms with Crippen molar-refractivity contribution in [2.24, 2.45) is 5.73 Å². The minimum absolute atomic E-state index is 0.0264. The van der Waals surface area contributed by atoms with Crippen molar-refractivity contribution in [2.45, 2.75) is 32.2 Å². The molecule has 3 heteroatoms. The Labute approximate surface area is 124 Å². The van der Waals surface area contributed by atoms with E-state index in [1.165, 1.54) is 23.3 Å². The molecule has 0 amide bonds. The topological polar surface area (TPSA) is 26.0 Å². The van der Waals surface area contributed by atoms with Crippen molar-refractivity contribution in [2.75, 3.05) is 0 Å². The van der Waals surface area contributed by atoms with Crippen LogP contribution >= 0.6 is 11.6 Å². The quantitative estimate of drug-likeness (QED) is 0.874. The molecule has 20 heavy (non-hydrogen) atoms. The fraction of sp³-hybridized carbons (Fsp3) is 0.294. The van der Waals surface area contributed by atoms with Crippen LogP contribution in [0.25, 0.3) is 0 Å². The van der Waals surface area contributed by atoms with Crippen LogP contribution in [0.2, 0.25) is 5.02 Å². The number of halogens is 2. The van der Waals surface area contributed by atoms with E-state index in [0.29, 0.717) is 11.4 Å². The molecule has 1 atom stereocenters. The van der Waals surface area contributed by atoms with Crippen molar-refractivity contribution in [3.63, 3.8) is 0 Å². The zero-order chi connectivity index (χ0) is 14.5. The maximum atomic E-state index is 13.0. The predicted molar refractivity (Wildman–Crippen MR) is 82.6 cm³/mol. The van der Waals surface area contributed by atoms with Crippen LogP contribution in [0, 0.1) is 12.7 Å². The Morgan fingerprint density at radius 3 is 2.70 bits per heavy atom. The lowest BCUT2D eigenvalue weighted by atomic mass is 9.99. The highest BCUT2D eigenvalue weighted by molar-refractivity contribution is 6.31. The highest BCUT2D eigenvalue weighted by Crippen LogP contribution is 2.19. The van der Waals surface area contributed by atoms with Gasteiger partial charge in [0.2, 0.25) is 0 Å². The van der Waals surface area contributed by atoms with Crippen molar-refractivity contribution in [3.05, 3.63) is 70.0 Å². The van der Waals surface area contributed by atoms with Gasteiger partial charge in [-0.05, 0) is 49.4 Å². The van der Waals surface area contributed by atoms with E-state index in [9.17, 15) is 4.39 Å². The van der Waals surface area contributed by atoms with Gasteiger partial charge in [-0.3, -0.25) is 0 Å². The third-order valence-corrected chi connectivity index (χ3v) is 3.74. The summed E-state index contributed by atoms with van der Waals surface area (Å²) < 4.78 is 13.0. The minimum atomic E-state index is -0.313. The molecule has 1 nitrogen and oxygen atoms in total. The third kappa shape index (κ3) is 4.32. The van der Waals surface area contributed by atoms with Gasteiger partial charge in [-0.2, -0.15) is 0 Å². The summed E-state index contributed by atoms with van der Waals surface area (Å²) in [4.78, 5) is 0. The van der Waals surface area contributed by atoms with E-state index in [4.69, 9.17) is 17.3 Å². The highest BCUT2D eigenvalue weighted by atomic mass is 35.5. The molecule has 2 aromatic carbocycles. The smallest absolute Gasteiger partial charge is 0.124 e. The Bertz CT molecular complexity index is 583. The first-order valence-corrected chi connectivity index (χ1v) is 7.17. The van der Waals surface area contributed by atoms with Gasteiger partial charge in [0.25, 0.3) is 0 Å². The Morgan fingerprint density at radius 1 is 1.20 bits per heavy atom. The SMILES string of the molecule is Cc1cccc(CCC(N)Cc2ccc(F)cc2Cl)c1. The zero-order valence-corrected chi connectivity index (χ0v) is 12.3. The lowest BCUT2D eigenvalue weighted by Gasteiger charge is -2.13. The van der Waals surface area contributed by atoms with Crippen molar-refractivity contribution in [1.29, 1.82) is 0 Å². The first kappa shape index (κ1) is 15.0. The molecule has 0 saturated heterocycles. The second kappa shape index (κ2) is 6.87. The summed E-state index contributed by atoms with van der Waals surface area (Å²) >= 11 is 6.02. The van der Waals surface area contributed by atoms with E-state index >= 15 is 0 Å². The highest BCUT2D eigenvalue weighted by Gasteiger charge is 2.08. The van der Waals surface area contributed by atoms with Crippen molar-refractivity contribution < 1.29 is 4.39 Å². The van der Waals surface area contributed by atoms with Crippen molar-refractivity contribution in [1.82, 2.24) is 0 Å². The molecule has 0 saturated carbocycles. The van der Waals surface area contributed by atoms with Crippen LogP contribution in [0.4, 0.5) is 4.39 Å².